The molecule has 5 nitrogen and oxygen atoms in total. The van der Waals surface area contributed by atoms with Crippen molar-refractivity contribution in [3.05, 3.63) is 38.9 Å². The number of nitro benzene ring substituents is 1. The predicted octanol–water partition coefficient (Wildman–Crippen LogP) is 2.71. The van der Waals surface area contributed by atoms with E-state index in [1.54, 1.807) is 13.2 Å². The van der Waals surface area contributed by atoms with Crippen LogP contribution in [-0.2, 0) is 11.3 Å². The number of benzene rings is 1. The summed E-state index contributed by atoms with van der Waals surface area (Å²) in [7, 11) is 3.57. The van der Waals surface area contributed by atoms with E-state index in [0.29, 0.717) is 18.2 Å². The molecule has 0 N–H and O–H groups in total. The van der Waals surface area contributed by atoms with Crippen molar-refractivity contribution in [2.75, 3.05) is 20.8 Å². The van der Waals surface area contributed by atoms with Gasteiger partial charge < -0.3 is 4.74 Å². The van der Waals surface area contributed by atoms with Crippen LogP contribution in [0.5, 0.6) is 0 Å². The first-order valence-corrected chi connectivity index (χ1v) is 5.95. The van der Waals surface area contributed by atoms with Crippen LogP contribution >= 0.6 is 11.6 Å². The molecule has 0 aliphatic carbocycles. The molecule has 6 heteroatoms. The molecule has 1 unspecified atom stereocenters. The van der Waals surface area contributed by atoms with Crippen LogP contribution in [0, 0.1) is 10.1 Å². The second-order valence-corrected chi connectivity index (χ2v) is 4.66. The van der Waals surface area contributed by atoms with Crippen molar-refractivity contribution in [1.82, 2.24) is 4.90 Å². The van der Waals surface area contributed by atoms with E-state index in [-0.39, 0.29) is 11.7 Å². The molecule has 0 radical (unpaired) electrons. The highest BCUT2D eigenvalue weighted by Crippen LogP contribution is 2.23. The Kier molecular flexibility index (Phi) is 5.53. The molecule has 0 fully saturated rings. The van der Waals surface area contributed by atoms with E-state index >= 15 is 0 Å². The molecule has 0 aromatic heterocycles. The van der Waals surface area contributed by atoms with Gasteiger partial charge in [-0.05, 0) is 25.6 Å². The van der Waals surface area contributed by atoms with E-state index in [1.165, 1.54) is 12.1 Å². The molecular formula is C12H17ClN2O3. The van der Waals surface area contributed by atoms with Gasteiger partial charge in [-0.15, -0.1) is 0 Å². The number of non-ortho nitro benzene ring substituents is 1. The third-order valence-corrected chi connectivity index (χ3v) is 3.19. The Morgan fingerprint density at radius 2 is 2.22 bits per heavy atom. The monoisotopic (exact) mass is 272 g/mol. The van der Waals surface area contributed by atoms with Gasteiger partial charge in [0.15, 0.2) is 0 Å². The lowest BCUT2D eigenvalue weighted by atomic mass is 10.1. The van der Waals surface area contributed by atoms with Crippen LogP contribution in [0.3, 0.4) is 0 Å². The maximum Gasteiger partial charge on any atom is 0.269 e. The Bertz CT molecular complexity index is 426. The zero-order valence-electron chi connectivity index (χ0n) is 10.7. The van der Waals surface area contributed by atoms with Gasteiger partial charge in [0, 0.05) is 36.9 Å². The molecule has 1 aromatic rings. The van der Waals surface area contributed by atoms with E-state index in [0.717, 1.165) is 5.56 Å². The number of likely N-dealkylation sites (N-methyl/N-ethyl adjacent to an activating group) is 1. The minimum Gasteiger partial charge on any atom is -0.383 e. The summed E-state index contributed by atoms with van der Waals surface area (Å²) in [6.07, 6.45) is 0. The molecule has 1 aromatic carbocycles. The number of ether oxygens (including phenoxy) is 1. The van der Waals surface area contributed by atoms with E-state index < -0.39 is 4.92 Å². The van der Waals surface area contributed by atoms with Crippen LogP contribution in [-0.4, -0.2) is 36.6 Å². The number of nitro groups is 1. The number of halogens is 1. The Labute approximate surface area is 111 Å². The minimum atomic E-state index is -0.418. The van der Waals surface area contributed by atoms with E-state index in [9.17, 15) is 10.1 Å². The van der Waals surface area contributed by atoms with Crippen molar-refractivity contribution in [3.63, 3.8) is 0 Å². The third-order valence-electron chi connectivity index (χ3n) is 2.82. The van der Waals surface area contributed by atoms with Crippen LogP contribution in [0.4, 0.5) is 5.69 Å². The van der Waals surface area contributed by atoms with E-state index in [2.05, 4.69) is 0 Å². The number of hydrogen-bond donors (Lipinski definition) is 0. The van der Waals surface area contributed by atoms with Crippen LogP contribution in [0.15, 0.2) is 18.2 Å². The molecule has 0 aliphatic rings. The number of nitrogens with zero attached hydrogens (tertiary/aromatic N) is 2. The summed E-state index contributed by atoms with van der Waals surface area (Å²) in [6.45, 7) is 3.17. The van der Waals surface area contributed by atoms with Gasteiger partial charge in [-0.1, -0.05) is 11.6 Å². The molecule has 1 atom stereocenters. The Morgan fingerprint density at radius 1 is 1.56 bits per heavy atom. The van der Waals surface area contributed by atoms with Crippen LogP contribution < -0.4 is 0 Å². The van der Waals surface area contributed by atoms with Crippen molar-refractivity contribution in [1.29, 1.82) is 0 Å². The average molecular weight is 273 g/mol. The largest absolute Gasteiger partial charge is 0.383 e. The van der Waals surface area contributed by atoms with Gasteiger partial charge in [0.05, 0.1) is 11.5 Å². The first kappa shape index (κ1) is 14.9. The molecule has 0 bridgehead atoms. The molecule has 0 saturated carbocycles. The summed E-state index contributed by atoms with van der Waals surface area (Å²) in [6, 6.07) is 4.69. The fourth-order valence-corrected chi connectivity index (χ4v) is 1.77. The maximum absolute atomic E-state index is 10.7. The van der Waals surface area contributed by atoms with Gasteiger partial charge in [0.2, 0.25) is 0 Å². The van der Waals surface area contributed by atoms with Gasteiger partial charge in [-0.2, -0.15) is 0 Å². The van der Waals surface area contributed by atoms with Crippen LogP contribution in [0.1, 0.15) is 12.5 Å². The normalized spacial score (nSPS) is 12.7. The Morgan fingerprint density at radius 3 is 2.78 bits per heavy atom. The highest BCUT2D eigenvalue weighted by atomic mass is 35.5. The van der Waals surface area contributed by atoms with Crippen molar-refractivity contribution in [3.8, 4) is 0 Å². The first-order chi connectivity index (χ1) is 8.45. The van der Waals surface area contributed by atoms with Crippen LogP contribution in [0.25, 0.3) is 0 Å². The lowest BCUT2D eigenvalue weighted by Crippen LogP contribution is -2.32. The summed E-state index contributed by atoms with van der Waals surface area (Å²) < 4.78 is 5.07. The third kappa shape index (κ3) is 3.94. The quantitative estimate of drug-likeness (QED) is 0.590. The number of methoxy groups -OCH3 is 1. The molecule has 0 amide bonds. The zero-order chi connectivity index (χ0) is 13.7. The SMILES string of the molecule is COCC(C)N(C)Cc1cc([N+](=O)[O-])ccc1Cl. The molecular weight excluding hydrogens is 256 g/mol. The van der Waals surface area contributed by atoms with Crippen molar-refractivity contribution < 1.29 is 9.66 Å². The number of hydrogen-bond acceptors (Lipinski definition) is 4. The smallest absolute Gasteiger partial charge is 0.269 e. The maximum atomic E-state index is 10.7. The highest BCUT2D eigenvalue weighted by molar-refractivity contribution is 6.31. The fourth-order valence-electron chi connectivity index (χ4n) is 1.59. The predicted molar refractivity (Wildman–Crippen MR) is 70.9 cm³/mol. The second-order valence-electron chi connectivity index (χ2n) is 4.25. The van der Waals surface area contributed by atoms with Gasteiger partial charge in [0.25, 0.3) is 5.69 Å². The van der Waals surface area contributed by atoms with E-state index in [1.807, 2.05) is 18.9 Å². The minimum absolute atomic E-state index is 0.0576. The molecule has 1 rings (SSSR count). The Hall–Kier alpha value is -1.17. The lowest BCUT2D eigenvalue weighted by Gasteiger charge is -2.24. The zero-order valence-corrected chi connectivity index (χ0v) is 11.5. The van der Waals surface area contributed by atoms with E-state index in [4.69, 9.17) is 16.3 Å². The summed E-state index contributed by atoms with van der Waals surface area (Å²) in [5.74, 6) is 0. The van der Waals surface area contributed by atoms with Gasteiger partial charge in [0.1, 0.15) is 0 Å². The van der Waals surface area contributed by atoms with Crippen LogP contribution in [0.2, 0.25) is 5.02 Å². The van der Waals surface area contributed by atoms with Crippen molar-refractivity contribution in [2.45, 2.75) is 19.5 Å². The fraction of sp³-hybridized carbons (Fsp3) is 0.500. The second kappa shape index (κ2) is 6.68. The molecule has 0 heterocycles. The summed E-state index contributed by atoms with van der Waals surface area (Å²) in [5, 5.41) is 11.3. The summed E-state index contributed by atoms with van der Waals surface area (Å²) in [4.78, 5) is 12.3. The van der Waals surface area contributed by atoms with Gasteiger partial charge in [-0.25, -0.2) is 0 Å². The molecule has 0 spiro atoms. The lowest BCUT2D eigenvalue weighted by molar-refractivity contribution is -0.384. The molecule has 0 aliphatic heterocycles. The van der Waals surface area contributed by atoms with Gasteiger partial charge >= 0.3 is 0 Å². The van der Waals surface area contributed by atoms with Crippen molar-refractivity contribution in [2.24, 2.45) is 0 Å². The molecule has 18 heavy (non-hydrogen) atoms. The Balaban J connectivity index is 2.83. The standard InChI is InChI=1S/C12H17ClN2O3/c1-9(8-18-3)14(2)7-10-6-11(15(16)17)4-5-12(10)13/h4-6,9H,7-8H2,1-3H3. The molecule has 0 saturated heterocycles. The van der Waals surface area contributed by atoms with Gasteiger partial charge in [-0.3, -0.25) is 15.0 Å². The highest BCUT2D eigenvalue weighted by Gasteiger charge is 2.14. The summed E-state index contributed by atoms with van der Waals surface area (Å²) in [5.41, 5.74) is 0.804. The topological polar surface area (TPSA) is 55.6 Å². The average Bonchev–Trinajstić information content (AvgIpc) is 2.31. The first-order valence-electron chi connectivity index (χ1n) is 5.57. The van der Waals surface area contributed by atoms with Crippen molar-refractivity contribution >= 4 is 17.3 Å². The number of rotatable bonds is 6. The molecule has 100 valence electrons. The summed E-state index contributed by atoms with van der Waals surface area (Å²) >= 11 is 6.05.